The molecule has 146 valence electrons. The predicted molar refractivity (Wildman–Crippen MR) is 111 cm³/mol. The van der Waals surface area contributed by atoms with E-state index in [1.165, 1.54) is 17.7 Å². The Balaban J connectivity index is 1.41. The average Bonchev–Trinajstić information content (AvgIpc) is 3.44. The summed E-state index contributed by atoms with van der Waals surface area (Å²) in [7, 11) is 0. The second kappa shape index (κ2) is 8.67. The van der Waals surface area contributed by atoms with E-state index in [2.05, 4.69) is 44.6 Å². The van der Waals surface area contributed by atoms with Crippen LogP contribution in [0.2, 0.25) is 0 Å². The van der Waals surface area contributed by atoms with Gasteiger partial charge in [-0.3, -0.25) is 14.3 Å². The number of piperidine rings is 1. The monoisotopic (exact) mass is 395 g/mol. The quantitative estimate of drug-likeness (QED) is 0.694. The molecule has 1 aliphatic heterocycles. The van der Waals surface area contributed by atoms with Crippen molar-refractivity contribution in [2.24, 2.45) is 5.92 Å². The second-order valence-electron chi connectivity index (χ2n) is 7.33. The molecule has 4 rings (SSSR count). The fraction of sp³-hybridized carbons (Fsp3) is 0.381. The Bertz CT molecular complexity index is 868. The van der Waals surface area contributed by atoms with Crippen LogP contribution in [-0.2, 0) is 0 Å². The molecule has 0 spiro atoms. The van der Waals surface area contributed by atoms with Gasteiger partial charge in [-0.25, -0.2) is 9.97 Å². The van der Waals surface area contributed by atoms with E-state index in [4.69, 9.17) is 0 Å². The Morgan fingerprint density at radius 2 is 2.18 bits per heavy atom. The molecule has 7 heteroatoms. The topological polar surface area (TPSA) is 63.1 Å². The number of carbonyl (C=O) groups excluding carboxylic acids is 1. The van der Waals surface area contributed by atoms with E-state index in [0.717, 1.165) is 24.8 Å². The molecule has 1 fully saturated rings. The summed E-state index contributed by atoms with van der Waals surface area (Å²) in [5.41, 5.74) is 0.570. The number of likely N-dealkylation sites (tertiary alicyclic amines) is 1. The minimum atomic E-state index is -0.0865. The molecular formula is C21H25N5OS. The van der Waals surface area contributed by atoms with Crippen molar-refractivity contribution >= 4 is 17.2 Å². The molecule has 4 heterocycles. The first-order valence-corrected chi connectivity index (χ1v) is 10.6. The van der Waals surface area contributed by atoms with Crippen molar-refractivity contribution in [3.8, 4) is 5.82 Å². The van der Waals surface area contributed by atoms with Crippen LogP contribution >= 0.6 is 11.3 Å². The number of hydrogen-bond donors (Lipinski definition) is 1. The van der Waals surface area contributed by atoms with Crippen LogP contribution in [0.1, 0.15) is 41.0 Å². The van der Waals surface area contributed by atoms with Crippen LogP contribution in [0.25, 0.3) is 5.82 Å². The van der Waals surface area contributed by atoms with Gasteiger partial charge in [-0.15, -0.1) is 11.3 Å². The van der Waals surface area contributed by atoms with Gasteiger partial charge in [0, 0.05) is 30.0 Å². The highest BCUT2D eigenvalue weighted by atomic mass is 32.1. The molecule has 3 aromatic heterocycles. The van der Waals surface area contributed by atoms with Crippen LogP contribution in [0.15, 0.2) is 54.6 Å². The molecule has 1 amide bonds. The number of nitrogens with one attached hydrogen (secondary N) is 1. The molecule has 3 aromatic rings. The lowest BCUT2D eigenvalue weighted by Crippen LogP contribution is -2.41. The van der Waals surface area contributed by atoms with Gasteiger partial charge in [0.05, 0.1) is 11.6 Å². The van der Waals surface area contributed by atoms with Crippen molar-refractivity contribution in [2.45, 2.75) is 25.8 Å². The summed E-state index contributed by atoms with van der Waals surface area (Å²) >= 11 is 1.76. The predicted octanol–water partition coefficient (Wildman–Crippen LogP) is 3.53. The van der Waals surface area contributed by atoms with Gasteiger partial charge < -0.3 is 5.32 Å². The number of pyridine rings is 1. The van der Waals surface area contributed by atoms with E-state index in [0.29, 0.717) is 12.1 Å². The maximum absolute atomic E-state index is 12.7. The zero-order chi connectivity index (χ0) is 19.3. The molecule has 1 N–H and O–H groups in total. The molecule has 0 bridgehead atoms. The van der Waals surface area contributed by atoms with Gasteiger partial charge in [-0.2, -0.15) is 0 Å². The summed E-state index contributed by atoms with van der Waals surface area (Å²) in [5.74, 6) is 1.44. The van der Waals surface area contributed by atoms with Crippen LogP contribution < -0.4 is 5.32 Å². The lowest BCUT2D eigenvalue weighted by atomic mass is 9.97. The maximum Gasteiger partial charge on any atom is 0.252 e. The molecule has 0 aliphatic carbocycles. The number of imidazole rings is 1. The summed E-state index contributed by atoms with van der Waals surface area (Å²) in [6.45, 7) is 5.10. The number of amides is 1. The van der Waals surface area contributed by atoms with Crippen molar-refractivity contribution in [3.63, 3.8) is 0 Å². The van der Waals surface area contributed by atoms with Crippen LogP contribution in [-0.4, -0.2) is 45.0 Å². The van der Waals surface area contributed by atoms with E-state index in [-0.39, 0.29) is 11.9 Å². The van der Waals surface area contributed by atoms with E-state index in [1.54, 1.807) is 36.1 Å². The molecule has 0 radical (unpaired) electrons. The molecule has 28 heavy (non-hydrogen) atoms. The summed E-state index contributed by atoms with van der Waals surface area (Å²) in [6, 6.07) is 8.12. The first-order valence-electron chi connectivity index (χ1n) is 9.71. The number of aromatic nitrogens is 3. The largest absolute Gasteiger partial charge is 0.350 e. The molecule has 0 aromatic carbocycles. The van der Waals surface area contributed by atoms with Crippen molar-refractivity contribution in [3.05, 3.63) is 65.0 Å². The Morgan fingerprint density at radius 3 is 2.82 bits per heavy atom. The summed E-state index contributed by atoms with van der Waals surface area (Å²) in [6.07, 6.45) is 9.27. The Labute approximate surface area is 169 Å². The minimum absolute atomic E-state index is 0.0865. The van der Waals surface area contributed by atoms with Gasteiger partial charge in [-0.1, -0.05) is 13.0 Å². The zero-order valence-electron chi connectivity index (χ0n) is 16.0. The fourth-order valence-electron chi connectivity index (χ4n) is 3.59. The van der Waals surface area contributed by atoms with Crippen molar-refractivity contribution in [2.75, 3.05) is 19.6 Å². The van der Waals surface area contributed by atoms with Gasteiger partial charge in [0.2, 0.25) is 0 Å². The lowest BCUT2D eigenvalue weighted by Gasteiger charge is -2.36. The van der Waals surface area contributed by atoms with Gasteiger partial charge >= 0.3 is 0 Å². The van der Waals surface area contributed by atoms with Gasteiger partial charge in [0.15, 0.2) is 0 Å². The summed E-state index contributed by atoms with van der Waals surface area (Å²) in [5, 5.41) is 5.22. The summed E-state index contributed by atoms with van der Waals surface area (Å²) in [4.78, 5) is 24.9. The summed E-state index contributed by atoms with van der Waals surface area (Å²) < 4.78 is 1.81. The highest BCUT2D eigenvalue weighted by Crippen LogP contribution is 2.29. The normalized spacial score (nSPS) is 16.8. The molecular weight excluding hydrogens is 370 g/mol. The van der Waals surface area contributed by atoms with Crippen LogP contribution in [0.5, 0.6) is 0 Å². The number of hydrogen-bond acceptors (Lipinski definition) is 5. The van der Waals surface area contributed by atoms with Gasteiger partial charge in [-0.05, 0) is 55.4 Å². The fourth-order valence-corrected chi connectivity index (χ4v) is 4.45. The first kappa shape index (κ1) is 18.8. The van der Waals surface area contributed by atoms with E-state index < -0.39 is 0 Å². The van der Waals surface area contributed by atoms with Crippen molar-refractivity contribution < 1.29 is 4.79 Å². The number of nitrogens with zero attached hydrogens (tertiary/aromatic N) is 4. The molecule has 1 aliphatic rings. The van der Waals surface area contributed by atoms with E-state index >= 15 is 0 Å². The van der Waals surface area contributed by atoms with Crippen molar-refractivity contribution in [1.82, 2.24) is 24.8 Å². The third-order valence-electron chi connectivity index (χ3n) is 5.37. The second-order valence-corrected chi connectivity index (χ2v) is 8.31. The molecule has 1 atom stereocenters. The van der Waals surface area contributed by atoms with Gasteiger partial charge in [0.1, 0.15) is 12.1 Å². The smallest absolute Gasteiger partial charge is 0.252 e. The third kappa shape index (κ3) is 4.31. The van der Waals surface area contributed by atoms with Crippen LogP contribution in [0.4, 0.5) is 0 Å². The van der Waals surface area contributed by atoms with Crippen molar-refractivity contribution in [1.29, 1.82) is 0 Å². The standard InChI is InChI=1S/C21H25N5OS/c1-16-6-9-25(10-7-16)18(19-3-2-12-28-19)14-24-21(27)17-4-5-20(23-13-17)26-11-8-22-15-26/h2-5,8,11-13,15-16,18H,6-7,9-10,14H2,1H3,(H,24,27). The zero-order valence-corrected chi connectivity index (χ0v) is 16.8. The number of rotatable bonds is 6. The van der Waals surface area contributed by atoms with Gasteiger partial charge in [0.25, 0.3) is 5.91 Å². The van der Waals surface area contributed by atoms with E-state index in [1.807, 2.05) is 16.8 Å². The minimum Gasteiger partial charge on any atom is -0.350 e. The Hall–Kier alpha value is -2.51. The van der Waals surface area contributed by atoms with Crippen LogP contribution in [0, 0.1) is 5.92 Å². The maximum atomic E-state index is 12.7. The molecule has 1 unspecified atom stereocenters. The Kier molecular flexibility index (Phi) is 5.83. The average molecular weight is 396 g/mol. The lowest BCUT2D eigenvalue weighted by molar-refractivity contribution is 0.0914. The number of thiophene rings is 1. The first-order chi connectivity index (χ1) is 13.7. The molecule has 6 nitrogen and oxygen atoms in total. The SMILES string of the molecule is CC1CCN(C(CNC(=O)c2ccc(-n3ccnc3)nc2)c2cccs2)CC1. The highest BCUT2D eigenvalue weighted by Gasteiger charge is 2.25. The Morgan fingerprint density at radius 1 is 1.32 bits per heavy atom. The third-order valence-corrected chi connectivity index (χ3v) is 6.34. The molecule has 1 saturated heterocycles. The highest BCUT2D eigenvalue weighted by molar-refractivity contribution is 7.10. The number of carbonyl (C=O) groups is 1. The molecule has 0 saturated carbocycles. The van der Waals surface area contributed by atoms with E-state index in [9.17, 15) is 4.79 Å². The van der Waals surface area contributed by atoms with Crippen LogP contribution in [0.3, 0.4) is 0 Å².